The Labute approximate surface area is 222 Å². The molecule has 0 spiro atoms. The van der Waals surface area contributed by atoms with E-state index in [1.54, 1.807) is 6.20 Å². The fourth-order valence-electron chi connectivity index (χ4n) is 4.97. The highest BCUT2D eigenvalue weighted by atomic mass is 16.5. The van der Waals surface area contributed by atoms with Crippen LogP contribution in [0.5, 0.6) is 11.5 Å². The maximum Gasteiger partial charge on any atom is 0.220 e. The Bertz CT molecular complexity index is 1450. The molecule has 2 N–H and O–H groups in total. The molecule has 0 aliphatic carbocycles. The number of hydrogen-bond donors (Lipinski definition) is 1. The van der Waals surface area contributed by atoms with Gasteiger partial charge in [0.15, 0.2) is 0 Å². The highest BCUT2D eigenvalue weighted by molar-refractivity contribution is 5.96. The quantitative estimate of drug-likeness (QED) is 0.298. The molecule has 4 aromatic rings. The number of nitrogens with zero attached hydrogens (tertiary/aromatic N) is 3. The Balaban J connectivity index is 1.08. The van der Waals surface area contributed by atoms with Crippen LogP contribution in [-0.4, -0.2) is 35.5 Å². The van der Waals surface area contributed by atoms with Crippen LogP contribution in [0.2, 0.25) is 0 Å². The fraction of sp³-hybridized carbons (Fsp3) is 0.258. The standard InChI is InChI=1S/C31H30N4O3/c32-31-33-13-12-26(35-31)22-10-11-23-18-28(34-27(23)17-22)24-16-25-29(8-4-9-30(25)38-20-24)37-15-5-14-36-19-21-6-2-1-3-7-21/h1-4,6-13,17,24H,5,14-16,18-20H2,(H2,32,33,35). The van der Waals surface area contributed by atoms with Crippen LogP contribution in [-0.2, 0) is 24.2 Å². The maximum absolute atomic E-state index is 6.18. The Morgan fingerprint density at radius 2 is 1.89 bits per heavy atom. The third-order valence-corrected chi connectivity index (χ3v) is 6.94. The molecule has 0 amide bonds. The van der Waals surface area contributed by atoms with Crippen LogP contribution in [0.15, 0.2) is 84.0 Å². The average molecular weight is 507 g/mol. The number of hydrogen-bond acceptors (Lipinski definition) is 7. The molecule has 3 aromatic carbocycles. The summed E-state index contributed by atoms with van der Waals surface area (Å²) in [6.07, 6.45) is 4.17. The van der Waals surface area contributed by atoms with Crippen molar-refractivity contribution in [2.75, 3.05) is 25.6 Å². The van der Waals surface area contributed by atoms with E-state index >= 15 is 0 Å². The van der Waals surface area contributed by atoms with E-state index < -0.39 is 0 Å². The highest BCUT2D eigenvalue weighted by Gasteiger charge is 2.29. The molecule has 1 atom stereocenters. The summed E-state index contributed by atoms with van der Waals surface area (Å²) in [4.78, 5) is 13.3. The van der Waals surface area contributed by atoms with Gasteiger partial charge in [-0.05, 0) is 41.8 Å². The summed E-state index contributed by atoms with van der Waals surface area (Å²) >= 11 is 0. The lowest BCUT2D eigenvalue weighted by atomic mass is 9.90. The molecule has 192 valence electrons. The summed E-state index contributed by atoms with van der Waals surface area (Å²) in [5, 5.41) is 0. The Morgan fingerprint density at radius 3 is 2.79 bits per heavy atom. The van der Waals surface area contributed by atoms with Crippen LogP contribution in [0, 0.1) is 5.92 Å². The van der Waals surface area contributed by atoms with E-state index in [-0.39, 0.29) is 11.9 Å². The topological polar surface area (TPSA) is 91.9 Å². The largest absolute Gasteiger partial charge is 0.493 e. The number of ether oxygens (including phenoxy) is 3. The van der Waals surface area contributed by atoms with E-state index in [0.717, 1.165) is 59.0 Å². The van der Waals surface area contributed by atoms with E-state index in [2.05, 4.69) is 40.3 Å². The van der Waals surface area contributed by atoms with Crippen molar-refractivity contribution in [2.24, 2.45) is 10.9 Å². The Hall–Kier alpha value is -4.23. The van der Waals surface area contributed by atoms with Gasteiger partial charge in [-0.3, -0.25) is 4.99 Å². The monoisotopic (exact) mass is 506 g/mol. The summed E-state index contributed by atoms with van der Waals surface area (Å²) in [5.41, 5.74) is 13.2. The van der Waals surface area contributed by atoms with Gasteiger partial charge in [0, 0.05) is 41.8 Å². The van der Waals surface area contributed by atoms with Crippen LogP contribution in [0.4, 0.5) is 11.6 Å². The maximum atomic E-state index is 6.18. The van der Waals surface area contributed by atoms with E-state index in [1.807, 2.05) is 42.5 Å². The minimum absolute atomic E-state index is 0.201. The number of anilines is 1. The molecule has 1 aromatic heterocycles. The van der Waals surface area contributed by atoms with Gasteiger partial charge in [0.25, 0.3) is 0 Å². The summed E-state index contributed by atoms with van der Waals surface area (Å²) in [6.45, 7) is 2.49. The molecular formula is C31H30N4O3. The van der Waals surface area contributed by atoms with Crippen molar-refractivity contribution in [2.45, 2.75) is 25.9 Å². The second kappa shape index (κ2) is 11.0. The van der Waals surface area contributed by atoms with Gasteiger partial charge >= 0.3 is 0 Å². The van der Waals surface area contributed by atoms with Gasteiger partial charge in [-0.1, -0.05) is 48.5 Å². The third kappa shape index (κ3) is 5.38. The number of fused-ring (bicyclic) bond motifs is 2. The van der Waals surface area contributed by atoms with Crippen LogP contribution in [0.1, 0.15) is 23.1 Å². The molecule has 0 fully saturated rings. The molecule has 2 aliphatic rings. The normalized spacial score (nSPS) is 15.8. The highest BCUT2D eigenvalue weighted by Crippen LogP contribution is 2.39. The zero-order chi connectivity index (χ0) is 25.7. The first-order valence-corrected chi connectivity index (χ1v) is 13.0. The third-order valence-electron chi connectivity index (χ3n) is 6.94. The average Bonchev–Trinajstić information content (AvgIpc) is 3.39. The van der Waals surface area contributed by atoms with Crippen molar-refractivity contribution in [3.63, 3.8) is 0 Å². The summed E-state index contributed by atoms with van der Waals surface area (Å²) in [6, 6.07) is 24.4. The summed E-state index contributed by atoms with van der Waals surface area (Å²) in [5.74, 6) is 2.25. The molecule has 0 saturated carbocycles. The number of aromatic nitrogens is 2. The Kier molecular flexibility index (Phi) is 7.00. The van der Waals surface area contributed by atoms with Gasteiger partial charge in [-0.25, -0.2) is 9.97 Å². The second-order valence-electron chi connectivity index (χ2n) is 9.61. The summed E-state index contributed by atoms with van der Waals surface area (Å²) < 4.78 is 18.1. The molecular weight excluding hydrogens is 476 g/mol. The lowest BCUT2D eigenvalue weighted by molar-refractivity contribution is 0.107. The predicted molar refractivity (Wildman–Crippen MR) is 148 cm³/mol. The first-order valence-electron chi connectivity index (χ1n) is 13.0. The van der Waals surface area contributed by atoms with Crippen LogP contribution in [0.3, 0.4) is 0 Å². The van der Waals surface area contributed by atoms with Crippen molar-refractivity contribution >= 4 is 17.3 Å². The minimum Gasteiger partial charge on any atom is -0.493 e. The van der Waals surface area contributed by atoms with Gasteiger partial charge in [-0.15, -0.1) is 0 Å². The molecule has 0 bridgehead atoms. The first kappa shape index (κ1) is 24.1. The lowest BCUT2D eigenvalue weighted by Crippen LogP contribution is -2.28. The zero-order valence-electron chi connectivity index (χ0n) is 21.2. The predicted octanol–water partition coefficient (Wildman–Crippen LogP) is 5.59. The van der Waals surface area contributed by atoms with Gasteiger partial charge in [0.05, 0.1) is 37.8 Å². The Morgan fingerprint density at radius 1 is 0.974 bits per heavy atom. The SMILES string of the molecule is Nc1nccc(-c2ccc3c(c2)N=C(C2COc4cccc(OCCCOCc5ccccc5)c4C2)C3)n1. The van der Waals surface area contributed by atoms with Crippen molar-refractivity contribution in [1.29, 1.82) is 0 Å². The minimum atomic E-state index is 0.201. The van der Waals surface area contributed by atoms with E-state index in [9.17, 15) is 0 Å². The second-order valence-corrected chi connectivity index (χ2v) is 9.61. The first-order chi connectivity index (χ1) is 18.7. The molecule has 2 aliphatic heterocycles. The van der Waals surface area contributed by atoms with Crippen molar-refractivity contribution < 1.29 is 14.2 Å². The number of nitrogens with two attached hydrogens (primary N) is 1. The molecule has 6 rings (SSSR count). The van der Waals surface area contributed by atoms with E-state index in [1.165, 1.54) is 11.1 Å². The molecule has 7 heteroatoms. The van der Waals surface area contributed by atoms with Crippen molar-refractivity contribution in [3.05, 3.63) is 95.7 Å². The number of benzene rings is 3. The smallest absolute Gasteiger partial charge is 0.220 e. The number of aliphatic imine (C=N–C) groups is 1. The van der Waals surface area contributed by atoms with Crippen LogP contribution >= 0.6 is 0 Å². The van der Waals surface area contributed by atoms with Gasteiger partial charge < -0.3 is 19.9 Å². The molecule has 0 saturated heterocycles. The van der Waals surface area contributed by atoms with Gasteiger partial charge in [0.1, 0.15) is 11.5 Å². The molecule has 0 radical (unpaired) electrons. The fourth-order valence-corrected chi connectivity index (χ4v) is 4.97. The van der Waals surface area contributed by atoms with Crippen molar-refractivity contribution in [3.8, 4) is 22.8 Å². The van der Waals surface area contributed by atoms with Crippen LogP contribution in [0.25, 0.3) is 11.3 Å². The molecule has 7 nitrogen and oxygen atoms in total. The molecule has 38 heavy (non-hydrogen) atoms. The summed E-state index contributed by atoms with van der Waals surface area (Å²) in [7, 11) is 0. The zero-order valence-corrected chi connectivity index (χ0v) is 21.2. The molecule has 1 unspecified atom stereocenters. The number of nitrogen functional groups attached to an aromatic ring is 1. The van der Waals surface area contributed by atoms with E-state index in [0.29, 0.717) is 26.4 Å². The van der Waals surface area contributed by atoms with Gasteiger partial charge in [0.2, 0.25) is 5.95 Å². The molecule has 3 heterocycles. The van der Waals surface area contributed by atoms with Crippen molar-refractivity contribution in [1.82, 2.24) is 9.97 Å². The lowest BCUT2D eigenvalue weighted by Gasteiger charge is -2.27. The van der Waals surface area contributed by atoms with Crippen LogP contribution < -0.4 is 15.2 Å². The van der Waals surface area contributed by atoms with E-state index in [4.69, 9.17) is 24.9 Å². The van der Waals surface area contributed by atoms with Gasteiger partial charge in [-0.2, -0.15) is 0 Å². The number of rotatable bonds is 9.